The van der Waals surface area contributed by atoms with Crippen molar-refractivity contribution >= 4 is 34.9 Å². The SMILES string of the molecule is CSc1nc(Cl)c(CN)c(Nc2cccc(C(F)(F)F)c2)n1. The van der Waals surface area contributed by atoms with E-state index in [1.807, 2.05) is 0 Å². The zero-order chi connectivity index (χ0) is 16.3. The zero-order valence-electron chi connectivity index (χ0n) is 11.4. The van der Waals surface area contributed by atoms with E-state index < -0.39 is 11.7 Å². The van der Waals surface area contributed by atoms with Gasteiger partial charge < -0.3 is 11.1 Å². The molecule has 1 aromatic carbocycles. The van der Waals surface area contributed by atoms with Gasteiger partial charge in [0.15, 0.2) is 5.16 Å². The number of benzene rings is 1. The number of thioether (sulfide) groups is 1. The molecule has 118 valence electrons. The molecule has 4 nitrogen and oxygen atoms in total. The maximum atomic E-state index is 12.7. The van der Waals surface area contributed by atoms with Crippen LogP contribution >= 0.6 is 23.4 Å². The van der Waals surface area contributed by atoms with Crippen molar-refractivity contribution in [1.82, 2.24) is 9.97 Å². The summed E-state index contributed by atoms with van der Waals surface area (Å²) in [6.07, 6.45) is -2.65. The van der Waals surface area contributed by atoms with Gasteiger partial charge in [0.1, 0.15) is 11.0 Å². The molecule has 0 saturated heterocycles. The predicted molar refractivity (Wildman–Crippen MR) is 81.4 cm³/mol. The van der Waals surface area contributed by atoms with E-state index >= 15 is 0 Å². The fraction of sp³-hybridized carbons (Fsp3) is 0.231. The van der Waals surface area contributed by atoms with E-state index in [4.69, 9.17) is 17.3 Å². The minimum absolute atomic E-state index is 0.0643. The topological polar surface area (TPSA) is 63.8 Å². The summed E-state index contributed by atoms with van der Waals surface area (Å²) in [6.45, 7) is 0.0643. The third-order valence-electron chi connectivity index (χ3n) is 2.78. The highest BCUT2D eigenvalue weighted by Crippen LogP contribution is 2.32. The van der Waals surface area contributed by atoms with E-state index in [1.54, 1.807) is 6.26 Å². The summed E-state index contributed by atoms with van der Waals surface area (Å²) in [6, 6.07) is 4.81. The van der Waals surface area contributed by atoms with Gasteiger partial charge in [-0.25, -0.2) is 9.97 Å². The average Bonchev–Trinajstić information content (AvgIpc) is 2.46. The number of nitrogens with zero attached hydrogens (tertiary/aromatic N) is 2. The van der Waals surface area contributed by atoms with Crippen LogP contribution < -0.4 is 11.1 Å². The van der Waals surface area contributed by atoms with Gasteiger partial charge in [-0.3, -0.25) is 0 Å². The Hall–Kier alpha value is -1.51. The Morgan fingerprint density at radius 2 is 2.05 bits per heavy atom. The van der Waals surface area contributed by atoms with Gasteiger partial charge in [-0.1, -0.05) is 29.4 Å². The van der Waals surface area contributed by atoms with Crippen LogP contribution in [0.25, 0.3) is 0 Å². The van der Waals surface area contributed by atoms with Gasteiger partial charge in [0.05, 0.1) is 5.56 Å². The molecular formula is C13H12ClF3N4S. The Bertz CT molecular complexity index is 679. The lowest BCUT2D eigenvalue weighted by Gasteiger charge is -2.13. The first-order chi connectivity index (χ1) is 10.3. The minimum atomic E-state index is -4.41. The molecule has 0 spiro atoms. The van der Waals surface area contributed by atoms with Crippen molar-refractivity contribution in [2.45, 2.75) is 17.9 Å². The normalized spacial score (nSPS) is 11.5. The van der Waals surface area contributed by atoms with E-state index in [9.17, 15) is 13.2 Å². The highest BCUT2D eigenvalue weighted by Gasteiger charge is 2.30. The minimum Gasteiger partial charge on any atom is -0.340 e. The predicted octanol–water partition coefficient (Wildman–Crippen LogP) is 4.07. The highest BCUT2D eigenvalue weighted by molar-refractivity contribution is 7.98. The maximum absolute atomic E-state index is 12.7. The van der Waals surface area contributed by atoms with Crippen LogP contribution in [0.3, 0.4) is 0 Å². The summed E-state index contributed by atoms with van der Waals surface area (Å²) < 4.78 is 38.2. The van der Waals surface area contributed by atoms with Crippen molar-refractivity contribution < 1.29 is 13.2 Å². The van der Waals surface area contributed by atoms with E-state index in [0.717, 1.165) is 12.1 Å². The lowest BCUT2D eigenvalue weighted by molar-refractivity contribution is -0.137. The molecule has 0 aliphatic rings. The monoisotopic (exact) mass is 348 g/mol. The van der Waals surface area contributed by atoms with Crippen LogP contribution in [-0.2, 0) is 12.7 Å². The number of halogens is 4. The van der Waals surface area contributed by atoms with Crippen molar-refractivity contribution in [1.29, 1.82) is 0 Å². The van der Waals surface area contributed by atoms with E-state index in [0.29, 0.717) is 16.5 Å². The van der Waals surface area contributed by atoms with Crippen LogP contribution in [0, 0.1) is 0 Å². The first-order valence-corrected chi connectivity index (χ1v) is 7.70. The second-order valence-corrected chi connectivity index (χ2v) is 5.37. The molecule has 3 N–H and O–H groups in total. The average molecular weight is 349 g/mol. The van der Waals surface area contributed by atoms with Crippen molar-refractivity contribution in [2.24, 2.45) is 5.73 Å². The number of hydrogen-bond donors (Lipinski definition) is 2. The number of alkyl halides is 3. The molecule has 0 aliphatic heterocycles. The smallest absolute Gasteiger partial charge is 0.340 e. The molecule has 22 heavy (non-hydrogen) atoms. The molecule has 2 rings (SSSR count). The summed E-state index contributed by atoms with van der Waals surface area (Å²) in [4.78, 5) is 8.24. The first-order valence-electron chi connectivity index (χ1n) is 6.10. The lowest BCUT2D eigenvalue weighted by Crippen LogP contribution is -2.09. The summed E-state index contributed by atoms with van der Waals surface area (Å²) in [5, 5.41) is 3.40. The Balaban J connectivity index is 2.40. The van der Waals surface area contributed by atoms with E-state index in [-0.39, 0.29) is 17.4 Å². The van der Waals surface area contributed by atoms with E-state index in [2.05, 4.69) is 15.3 Å². The number of nitrogens with two attached hydrogens (primary N) is 1. The third kappa shape index (κ3) is 3.82. The molecule has 0 radical (unpaired) electrons. The second kappa shape index (κ2) is 6.72. The van der Waals surface area contributed by atoms with Crippen molar-refractivity contribution in [3.8, 4) is 0 Å². The van der Waals surface area contributed by atoms with Gasteiger partial charge in [0, 0.05) is 17.8 Å². The molecule has 0 saturated carbocycles. The first kappa shape index (κ1) is 16.9. The second-order valence-electron chi connectivity index (χ2n) is 4.24. The Kier molecular flexibility index (Phi) is 5.15. The number of rotatable bonds is 4. The molecular weight excluding hydrogens is 337 g/mol. The summed E-state index contributed by atoms with van der Waals surface area (Å²) in [5.74, 6) is 0.297. The Labute approximate surface area is 134 Å². The van der Waals surface area contributed by atoms with Gasteiger partial charge >= 0.3 is 6.18 Å². The van der Waals surface area contributed by atoms with Crippen LogP contribution in [-0.4, -0.2) is 16.2 Å². The third-order valence-corrected chi connectivity index (χ3v) is 3.64. The fourth-order valence-electron chi connectivity index (χ4n) is 1.72. The summed E-state index contributed by atoms with van der Waals surface area (Å²) >= 11 is 7.29. The highest BCUT2D eigenvalue weighted by atomic mass is 35.5. The zero-order valence-corrected chi connectivity index (χ0v) is 13.0. The molecule has 0 atom stereocenters. The van der Waals surface area contributed by atoms with Crippen LogP contribution in [0.2, 0.25) is 5.15 Å². The molecule has 0 bridgehead atoms. The number of hydrogen-bond acceptors (Lipinski definition) is 5. The van der Waals surface area contributed by atoms with Gasteiger partial charge in [0.25, 0.3) is 0 Å². The van der Waals surface area contributed by atoms with Gasteiger partial charge in [0.2, 0.25) is 0 Å². The number of aromatic nitrogens is 2. The van der Waals surface area contributed by atoms with Crippen molar-refractivity contribution in [3.63, 3.8) is 0 Å². The Morgan fingerprint density at radius 1 is 1.32 bits per heavy atom. The van der Waals surface area contributed by atoms with Crippen LogP contribution in [0.15, 0.2) is 29.4 Å². The van der Waals surface area contributed by atoms with Gasteiger partial charge in [-0.2, -0.15) is 13.2 Å². The molecule has 0 unspecified atom stereocenters. The molecule has 1 aromatic heterocycles. The van der Waals surface area contributed by atoms with Crippen LogP contribution in [0.1, 0.15) is 11.1 Å². The van der Waals surface area contributed by atoms with Crippen LogP contribution in [0.4, 0.5) is 24.7 Å². The number of anilines is 2. The molecule has 0 fully saturated rings. The van der Waals surface area contributed by atoms with Crippen molar-refractivity contribution in [3.05, 3.63) is 40.5 Å². The van der Waals surface area contributed by atoms with Gasteiger partial charge in [-0.05, 0) is 24.5 Å². The summed E-state index contributed by atoms with van der Waals surface area (Å²) in [7, 11) is 0. The standard InChI is InChI=1S/C13H12ClF3N4S/c1-22-12-20-10(14)9(6-18)11(21-12)19-8-4-2-3-7(5-8)13(15,16)17/h2-5H,6,18H2,1H3,(H,19,20,21). The molecule has 1 heterocycles. The molecule has 0 aliphatic carbocycles. The quantitative estimate of drug-likeness (QED) is 0.495. The number of nitrogens with one attached hydrogen (secondary N) is 1. The van der Waals surface area contributed by atoms with Crippen molar-refractivity contribution in [2.75, 3.05) is 11.6 Å². The fourth-order valence-corrected chi connectivity index (χ4v) is 2.38. The largest absolute Gasteiger partial charge is 0.416 e. The molecule has 0 amide bonds. The van der Waals surface area contributed by atoms with E-state index in [1.165, 1.54) is 23.9 Å². The summed E-state index contributed by atoms with van der Waals surface area (Å²) in [5.41, 5.74) is 5.54. The maximum Gasteiger partial charge on any atom is 0.416 e. The molecule has 2 aromatic rings. The van der Waals surface area contributed by atoms with Gasteiger partial charge in [-0.15, -0.1) is 0 Å². The van der Waals surface area contributed by atoms with Crippen LogP contribution in [0.5, 0.6) is 0 Å². The molecule has 9 heteroatoms. The lowest BCUT2D eigenvalue weighted by atomic mass is 10.2. The Morgan fingerprint density at radius 3 is 2.64 bits per heavy atom.